The predicted octanol–water partition coefficient (Wildman–Crippen LogP) is 2.08. The van der Waals surface area contributed by atoms with Gasteiger partial charge in [-0.15, -0.1) is 11.3 Å². The van der Waals surface area contributed by atoms with Crippen LogP contribution in [0.2, 0.25) is 0 Å². The van der Waals surface area contributed by atoms with Gasteiger partial charge in [0, 0.05) is 36.8 Å². The van der Waals surface area contributed by atoms with E-state index in [1.807, 2.05) is 11.6 Å². The zero-order chi connectivity index (χ0) is 15.8. The minimum atomic E-state index is -0.114. The Balaban J connectivity index is 1.39. The van der Waals surface area contributed by atoms with E-state index < -0.39 is 0 Å². The Morgan fingerprint density at radius 3 is 2.83 bits per heavy atom. The van der Waals surface area contributed by atoms with Gasteiger partial charge in [0.1, 0.15) is 10.8 Å². The highest BCUT2D eigenvalue weighted by Crippen LogP contribution is 2.37. The first-order valence-corrected chi connectivity index (χ1v) is 8.92. The minimum Gasteiger partial charge on any atom is -0.361 e. The number of piperidine rings is 1. The molecule has 2 fully saturated rings. The summed E-state index contributed by atoms with van der Waals surface area (Å²) < 4.78 is 5.00. The lowest BCUT2D eigenvalue weighted by atomic mass is 9.92. The number of thiazole rings is 1. The number of carbonyl (C=O) groups excluding carboxylic acids is 1. The van der Waals surface area contributed by atoms with Crippen LogP contribution in [0.5, 0.6) is 0 Å². The topological polar surface area (TPSA) is 71.3 Å². The number of rotatable bonds is 4. The SMILES string of the molecule is Cc1cc(C(=O)NC2[C@@H]3CC[C@H]2CN(Cc2nccs2)C3)no1. The maximum Gasteiger partial charge on any atom is 0.273 e. The predicted molar refractivity (Wildman–Crippen MR) is 86.1 cm³/mol. The number of hydrogen-bond donors (Lipinski definition) is 1. The van der Waals surface area contributed by atoms with E-state index in [9.17, 15) is 4.79 Å². The Bertz CT molecular complexity index is 670. The molecule has 1 saturated heterocycles. The van der Waals surface area contributed by atoms with Gasteiger partial charge in [0.15, 0.2) is 5.69 Å². The maximum atomic E-state index is 12.3. The number of likely N-dealkylation sites (tertiary alicyclic amines) is 1. The molecule has 1 aliphatic carbocycles. The molecular weight excluding hydrogens is 312 g/mol. The number of nitrogens with zero attached hydrogens (tertiary/aromatic N) is 3. The smallest absolute Gasteiger partial charge is 0.273 e. The summed E-state index contributed by atoms with van der Waals surface area (Å²) in [6.45, 7) is 4.77. The molecule has 2 aromatic rings. The standard InChI is InChI=1S/C16H20N4O2S/c1-10-6-13(19-22-10)16(21)18-15-11-2-3-12(15)8-20(7-11)9-14-17-4-5-23-14/h4-6,11-12,15H,2-3,7-9H2,1H3,(H,18,21)/t11-,12+,15?. The highest BCUT2D eigenvalue weighted by molar-refractivity contribution is 7.09. The molecule has 23 heavy (non-hydrogen) atoms. The molecule has 4 rings (SSSR count). The number of aromatic nitrogens is 2. The zero-order valence-electron chi connectivity index (χ0n) is 13.1. The molecule has 3 atom stereocenters. The van der Waals surface area contributed by atoms with E-state index in [1.165, 1.54) is 17.8 Å². The largest absolute Gasteiger partial charge is 0.361 e. The normalized spacial score (nSPS) is 27.3. The third-order valence-electron chi connectivity index (χ3n) is 4.91. The van der Waals surface area contributed by atoms with Crippen molar-refractivity contribution >= 4 is 17.2 Å². The Kier molecular flexibility index (Phi) is 3.90. The first-order valence-electron chi connectivity index (χ1n) is 8.04. The third kappa shape index (κ3) is 3.03. The van der Waals surface area contributed by atoms with Crippen molar-refractivity contribution in [1.29, 1.82) is 0 Å². The van der Waals surface area contributed by atoms with Crippen molar-refractivity contribution < 1.29 is 9.32 Å². The lowest BCUT2D eigenvalue weighted by molar-refractivity contribution is 0.0816. The fourth-order valence-corrected chi connectivity index (χ4v) is 4.56. The van der Waals surface area contributed by atoms with Crippen molar-refractivity contribution in [2.45, 2.75) is 32.4 Å². The van der Waals surface area contributed by atoms with Gasteiger partial charge in [-0.2, -0.15) is 0 Å². The van der Waals surface area contributed by atoms with Crippen molar-refractivity contribution in [3.8, 4) is 0 Å². The summed E-state index contributed by atoms with van der Waals surface area (Å²) in [5, 5.41) is 10.2. The molecule has 1 N–H and O–H groups in total. The molecule has 2 aliphatic rings. The Hall–Kier alpha value is -1.73. The van der Waals surface area contributed by atoms with Crippen LogP contribution >= 0.6 is 11.3 Å². The number of hydrogen-bond acceptors (Lipinski definition) is 6. The van der Waals surface area contributed by atoms with Crippen molar-refractivity contribution in [3.63, 3.8) is 0 Å². The van der Waals surface area contributed by atoms with Crippen LogP contribution in [0.1, 0.15) is 34.1 Å². The summed E-state index contributed by atoms with van der Waals surface area (Å²) in [7, 11) is 0. The molecule has 6 nitrogen and oxygen atoms in total. The van der Waals surface area contributed by atoms with Crippen LogP contribution in [0.15, 0.2) is 22.2 Å². The van der Waals surface area contributed by atoms with Gasteiger partial charge >= 0.3 is 0 Å². The quantitative estimate of drug-likeness (QED) is 0.928. The van der Waals surface area contributed by atoms with Crippen LogP contribution in [0.4, 0.5) is 0 Å². The Morgan fingerprint density at radius 1 is 1.43 bits per heavy atom. The average molecular weight is 332 g/mol. The molecule has 2 aromatic heterocycles. The first-order chi connectivity index (χ1) is 11.2. The van der Waals surface area contributed by atoms with Gasteiger partial charge in [-0.1, -0.05) is 5.16 Å². The van der Waals surface area contributed by atoms with E-state index in [2.05, 4.69) is 20.4 Å². The second-order valence-electron chi connectivity index (χ2n) is 6.54. The van der Waals surface area contributed by atoms with E-state index >= 15 is 0 Å². The number of carbonyl (C=O) groups is 1. The van der Waals surface area contributed by atoms with Crippen LogP contribution in [0.25, 0.3) is 0 Å². The summed E-state index contributed by atoms with van der Waals surface area (Å²) in [5.74, 6) is 1.59. The lowest BCUT2D eigenvalue weighted by Gasteiger charge is -2.37. The maximum absolute atomic E-state index is 12.3. The van der Waals surface area contributed by atoms with Gasteiger partial charge in [0.05, 0.1) is 6.54 Å². The molecule has 1 saturated carbocycles. The van der Waals surface area contributed by atoms with Crippen molar-refractivity contribution in [2.75, 3.05) is 13.1 Å². The summed E-state index contributed by atoms with van der Waals surface area (Å²) in [6.07, 6.45) is 4.23. The Morgan fingerprint density at radius 2 is 2.22 bits per heavy atom. The molecule has 122 valence electrons. The molecule has 2 bridgehead atoms. The molecule has 1 amide bonds. The van der Waals surface area contributed by atoms with Gasteiger partial charge in [0.25, 0.3) is 5.91 Å². The van der Waals surface area contributed by atoms with Gasteiger partial charge < -0.3 is 9.84 Å². The van der Waals surface area contributed by atoms with E-state index in [1.54, 1.807) is 24.3 Å². The van der Waals surface area contributed by atoms with Gasteiger partial charge in [-0.3, -0.25) is 9.69 Å². The van der Waals surface area contributed by atoms with E-state index in [0.29, 0.717) is 23.3 Å². The fraction of sp³-hybridized carbons (Fsp3) is 0.562. The highest BCUT2D eigenvalue weighted by Gasteiger charge is 2.43. The number of nitrogens with one attached hydrogen (secondary N) is 1. The molecule has 1 aliphatic heterocycles. The third-order valence-corrected chi connectivity index (χ3v) is 5.67. The van der Waals surface area contributed by atoms with Crippen molar-refractivity contribution in [1.82, 2.24) is 20.4 Å². The van der Waals surface area contributed by atoms with Crippen LogP contribution < -0.4 is 5.32 Å². The van der Waals surface area contributed by atoms with Crippen LogP contribution in [0, 0.1) is 18.8 Å². The molecule has 0 spiro atoms. The Labute approximate surface area is 138 Å². The van der Waals surface area contributed by atoms with Crippen molar-refractivity contribution in [2.24, 2.45) is 11.8 Å². The van der Waals surface area contributed by atoms with Crippen LogP contribution in [0.3, 0.4) is 0 Å². The van der Waals surface area contributed by atoms with Crippen molar-refractivity contribution in [3.05, 3.63) is 34.1 Å². The monoisotopic (exact) mass is 332 g/mol. The van der Waals surface area contributed by atoms with E-state index in [-0.39, 0.29) is 11.9 Å². The van der Waals surface area contributed by atoms with E-state index in [0.717, 1.165) is 19.6 Å². The fourth-order valence-electron chi connectivity index (χ4n) is 3.91. The summed E-state index contributed by atoms with van der Waals surface area (Å²) in [4.78, 5) is 19.2. The highest BCUT2D eigenvalue weighted by atomic mass is 32.1. The average Bonchev–Trinajstić information content (AvgIpc) is 3.22. The number of aryl methyl sites for hydroxylation is 1. The summed E-state index contributed by atoms with van der Waals surface area (Å²) >= 11 is 1.71. The molecule has 0 radical (unpaired) electrons. The summed E-state index contributed by atoms with van der Waals surface area (Å²) in [6, 6.07) is 1.95. The second-order valence-corrected chi connectivity index (χ2v) is 7.52. The minimum absolute atomic E-state index is 0.114. The lowest BCUT2D eigenvalue weighted by Crippen LogP contribution is -2.52. The number of fused-ring (bicyclic) bond motifs is 2. The second kappa shape index (κ2) is 6.05. The first kappa shape index (κ1) is 14.8. The van der Waals surface area contributed by atoms with Gasteiger partial charge in [-0.25, -0.2) is 4.98 Å². The van der Waals surface area contributed by atoms with E-state index in [4.69, 9.17) is 4.52 Å². The van der Waals surface area contributed by atoms with Crippen LogP contribution in [-0.2, 0) is 6.54 Å². The zero-order valence-corrected chi connectivity index (χ0v) is 13.9. The molecule has 0 aromatic carbocycles. The molecular formula is C16H20N4O2S. The van der Waals surface area contributed by atoms with Gasteiger partial charge in [-0.05, 0) is 31.6 Å². The van der Waals surface area contributed by atoms with Gasteiger partial charge in [0.2, 0.25) is 0 Å². The van der Waals surface area contributed by atoms with Crippen LogP contribution in [-0.4, -0.2) is 40.1 Å². The number of amides is 1. The molecule has 3 heterocycles. The summed E-state index contributed by atoms with van der Waals surface area (Å²) in [5.41, 5.74) is 0.382. The molecule has 1 unspecified atom stereocenters. The molecule has 7 heteroatoms.